The first-order valence-electron chi connectivity index (χ1n) is 6.78. The fourth-order valence-electron chi connectivity index (χ4n) is 2.78. The van der Waals surface area contributed by atoms with Crippen molar-refractivity contribution in [3.05, 3.63) is 29.5 Å². The Morgan fingerprint density at radius 2 is 2.37 bits per heavy atom. The Hall–Kier alpha value is -1.91. The van der Waals surface area contributed by atoms with Crippen LogP contribution in [0.1, 0.15) is 30.5 Å². The van der Waals surface area contributed by atoms with Crippen molar-refractivity contribution in [2.45, 2.75) is 32.2 Å². The summed E-state index contributed by atoms with van der Waals surface area (Å²) in [4.78, 5) is 14.2. The maximum Gasteiger partial charge on any atom is 0.223 e. The van der Waals surface area contributed by atoms with Crippen molar-refractivity contribution in [3.63, 3.8) is 0 Å². The van der Waals surface area contributed by atoms with Gasteiger partial charge in [-0.25, -0.2) is 0 Å². The molecule has 0 fully saturated rings. The summed E-state index contributed by atoms with van der Waals surface area (Å²) in [5.41, 5.74) is 7.66. The first kappa shape index (κ1) is 12.1. The van der Waals surface area contributed by atoms with Crippen LogP contribution in [0.15, 0.2) is 18.2 Å². The summed E-state index contributed by atoms with van der Waals surface area (Å²) in [6.45, 7) is 1.35. The maximum atomic E-state index is 12.3. The number of carbonyl (C=O) groups is 1. The van der Waals surface area contributed by atoms with Crippen LogP contribution in [0.5, 0.6) is 0 Å². The SMILES string of the molecule is Nc1cc2c(nn1)CCN(C(=O)C[C@H]1C=CCC1)C2. The van der Waals surface area contributed by atoms with Crippen LogP contribution in [0, 0.1) is 5.92 Å². The van der Waals surface area contributed by atoms with Crippen LogP contribution in [0.25, 0.3) is 0 Å². The molecule has 0 saturated carbocycles. The van der Waals surface area contributed by atoms with E-state index >= 15 is 0 Å². The van der Waals surface area contributed by atoms with Gasteiger partial charge in [0.2, 0.25) is 5.91 Å². The third-order valence-corrected chi connectivity index (χ3v) is 3.86. The van der Waals surface area contributed by atoms with Gasteiger partial charge in [0, 0.05) is 25.9 Å². The summed E-state index contributed by atoms with van der Waals surface area (Å²) in [6, 6.07) is 1.83. The molecule has 0 radical (unpaired) electrons. The van der Waals surface area contributed by atoms with Gasteiger partial charge in [-0.15, -0.1) is 5.10 Å². The monoisotopic (exact) mass is 258 g/mol. The molecule has 1 aromatic heterocycles. The van der Waals surface area contributed by atoms with E-state index in [1.165, 1.54) is 0 Å². The van der Waals surface area contributed by atoms with Crippen LogP contribution in [-0.2, 0) is 17.8 Å². The standard InChI is InChI=1S/C14H18N4O/c15-13-8-11-9-18(6-5-12(11)16-17-13)14(19)7-10-3-1-2-4-10/h1,3,8,10H,2,4-7,9H2,(H2,15,17)/t10-/m0/s1. The summed E-state index contributed by atoms with van der Waals surface area (Å²) < 4.78 is 0. The first-order valence-corrected chi connectivity index (χ1v) is 6.78. The highest BCUT2D eigenvalue weighted by Gasteiger charge is 2.24. The number of aromatic nitrogens is 2. The zero-order valence-corrected chi connectivity index (χ0v) is 10.9. The van der Waals surface area contributed by atoms with Crippen LogP contribution < -0.4 is 5.73 Å². The number of nitrogens with two attached hydrogens (primary N) is 1. The lowest BCUT2D eigenvalue weighted by Gasteiger charge is -2.28. The van der Waals surface area contributed by atoms with Crippen molar-refractivity contribution in [2.75, 3.05) is 12.3 Å². The number of allylic oxidation sites excluding steroid dienone is 2. The van der Waals surface area contributed by atoms with Crippen molar-refractivity contribution in [2.24, 2.45) is 5.92 Å². The molecule has 2 N–H and O–H groups in total. The van der Waals surface area contributed by atoms with E-state index in [1.807, 2.05) is 11.0 Å². The molecule has 0 saturated heterocycles. The molecule has 1 amide bonds. The summed E-state index contributed by atoms with van der Waals surface area (Å²) in [5.74, 6) is 1.08. The molecule has 0 aromatic carbocycles. The number of hydrogen-bond donors (Lipinski definition) is 1. The molecular weight excluding hydrogens is 240 g/mol. The molecule has 19 heavy (non-hydrogen) atoms. The molecule has 5 nitrogen and oxygen atoms in total. The quantitative estimate of drug-likeness (QED) is 0.812. The van der Waals surface area contributed by atoms with Crippen molar-refractivity contribution >= 4 is 11.7 Å². The third kappa shape index (κ3) is 2.59. The molecule has 1 aromatic rings. The fourth-order valence-corrected chi connectivity index (χ4v) is 2.78. The number of nitrogens with zero attached hydrogens (tertiary/aromatic N) is 3. The smallest absolute Gasteiger partial charge is 0.223 e. The third-order valence-electron chi connectivity index (χ3n) is 3.86. The van der Waals surface area contributed by atoms with E-state index in [4.69, 9.17) is 5.73 Å². The zero-order valence-electron chi connectivity index (χ0n) is 10.9. The Morgan fingerprint density at radius 1 is 1.47 bits per heavy atom. The van der Waals surface area contributed by atoms with Crippen molar-refractivity contribution in [3.8, 4) is 0 Å². The average Bonchev–Trinajstić information content (AvgIpc) is 2.90. The van der Waals surface area contributed by atoms with Crippen LogP contribution in [0.4, 0.5) is 5.82 Å². The van der Waals surface area contributed by atoms with Gasteiger partial charge in [0.05, 0.1) is 5.69 Å². The summed E-state index contributed by atoms with van der Waals surface area (Å²) >= 11 is 0. The van der Waals surface area contributed by atoms with Crippen LogP contribution in [-0.4, -0.2) is 27.5 Å². The number of rotatable bonds is 2. The summed E-state index contributed by atoms with van der Waals surface area (Å²) in [5, 5.41) is 7.95. The van der Waals surface area contributed by atoms with E-state index in [0.29, 0.717) is 24.7 Å². The maximum absolute atomic E-state index is 12.3. The molecule has 1 aliphatic carbocycles. The minimum atomic E-state index is 0.234. The molecule has 0 bridgehead atoms. The van der Waals surface area contributed by atoms with Gasteiger partial charge >= 0.3 is 0 Å². The van der Waals surface area contributed by atoms with Gasteiger partial charge in [0.1, 0.15) is 5.82 Å². The van der Waals surface area contributed by atoms with Gasteiger partial charge in [0.15, 0.2) is 0 Å². The Bertz CT molecular complexity index is 526. The lowest BCUT2D eigenvalue weighted by molar-refractivity contribution is -0.132. The largest absolute Gasteiger partial charge is 0.382 e. The van der Waals surface area contributed by atoms with Gasteiger partial charge in [-0.1, -0.05) is 12.2 Å². The van der Waals surface area contributed by atoms with E-state index in [0.717, 1.165) is 37.1 Å². The highest BCUT2D eigenvalue weighted by atomic mass is 16.2. The first-order chi connectivity index (χ1) is 9.22. The molecule has 1 aliphatic heterocycles. The van der Waals surface area contributed by atoms with E-state index in [1.54, 1.807) is 0 Å². The lowest BCUT2D eigenvalue weighted by atomic mass is 10.0. The molecule has 2 heterocycles. The van der Waals surface area contributed by atoms with Gasteiger partial charge in [-0.2, -0.15) is 5.10 Å². The molecule has 0 unspecified atom stereocenters. The second-order valence-corrected chi connectivity index (χ2v) is 5.28. The van der Waals surface area contributed by atoms with E-state index in [2.05, 4.69) is 22.3 Å². The normalized spacial score (nSPS) is 21.5. The Labute approximate surface area is 112 Å². The number of nitrogen functional groups attached to an aromatic ring is 1. The summed E-state index contributed by atoms with van der Waals surface area (Å²) in [6.07, 6.45) is 7.94. The average molecular weight is 258 g/mol. The predicted octanol–water partition coefficient (Wildman–Crippen LogP) is 1.30. The molecule has 3 rings (SSSR count). The topological polar surface area (TPSA) is 72.1 Å². The second kappa shape index (κ2) is 4.99. The van der Waals surface area contributed by atoms with E-state index in [-0.39, 0.29) is 5.91 Å². The Kier molecular flexibility index (Phi) is 3.19. The summed E-state index contributed by atoms with van der Waals surface area (Å²) in [7, 11) is 0. The number of carbonyl (C=O) groups excluding carboxylic acids is 1. The molecule has 5 heteroatoms. The van der Waals surface area contributed by atoms with Crippen LogP contribution >= 0.6 is 0 Å². The fraction of sp³-hybridized carbons (Fsp3) is 0.500. The van der Waals surface area contributed by atoms with E-state index in [9.17, 15) is 4.79 Å². The highest BCUT2D eigenvalue weighted by molar-refractivity contribution is 5.77. The molecule has 100 valence electrons. The van der Waals surface area contributed by atoms with Crippen molar-refractivity contribution in [1.29, 1.82) is 0 Å². The molecule has 1 atom stereocenters. The molecule has 0 spiro atoms. The number of fused-ring (bicyclic) bond motifs is 1. The Balaban J connectivity index is 1.67. The lowest BCUT2D eigenvalue weighted by Crippen LogP contribution is -2.37. The minimum Gasteiger partial charge on any atom is -0.382 e. The van der Waals surface area contributed by atoms with Gasteiger partial charge in [-0.05, 0) is 30.4 Å². The molecular formula is C14H18N4O. The van der Waals surface area contributed by atoms with Crippen molar-refractivity contribution < 1.29 is 4.79 Å². The van der Waals surface area contributed by atoms with Gasteiger partial charge in [0.25, 0.3) is 0 Å². The number of anilines is 1. The zero-order chi connectivity index (χ0) is 13.2. The van der Waals surface area contributed by atoms with E-state index < -0.39 is 0 Å². The van der Waals surface area contributed by atoms with Gasteiger partial charge < -0.3 is 10.6 Å². The number of amides is 1. The van der Waals surface area contributed by atoms with Crippen LogP contribution in [0.2, 0.25) is 0 Å². The molecule has 2 aliphatic rings. The van der Waals surface area contributed by atoms with Crippen molar-refractivity contribution in [1.82, 2.24) is 15.1 Å². The second-order valence-electron chi connectivity index (χ2n) is 5.28. The van der Waals surface area contributed by atoms with Crippen LogP contribution in [0.3, 0.4) is 0 Å². The van der Waals surface area contributed by atoms with Gasteiger partial charge in [-0.3, -0.25) is 4.79 Å². The minimum absolute atomic E-state index is 0.234. The Morgan fingerprint density at radius 3 is 3.16 bits per heavy atom. The number of hydrogen-bond acceptors (Lipinski definition) is 4. The highest BCUT2D eigenvalue weighted by Crippen LogP contribution is 2.24. The predicted molar refractivity (Wildman–Crippen MR) is 72.0 cm³/mol.